The van der Waals surface area contributed by atoms with Gasteiger partial charge in [0.15, 0.2) is 0 Å². The van der Waals surface area contributed by atoms with Crippen molar-refractivity contribution in [3.05, 3.63) is 70.9 Å². The van der Waals surface area contributed by atoms with Crippen LogP contribution in [0.15, 0.2) is 54.2 Å². The van der Waals surface area contributed by atoms with E-state index in [0.29, 0.717) is 5.92 Å². The summed E-state index contributed by atoms with van der Waals surface area (Å²) in [6, 6.07) is 15.2. The SMILES string of the molecule is CNC(=O)c1ccc2c(c1)C(C)(C)C(C=C1N(C)c3ccccc3C1(C)C)N2CCC(C)C. The van der Waals surface area contributed by atoms with Crippen molar-refractivity contribution in [3.63, 3.8) is 0 Å². The fourth-order valence-electron chi connectivity index (χ4n) is 5.69. The van der Waals surface area contributed by atoms with Crippen molar-refractivity contribution in [2.75, 3.05) is 30.4 Å². The molecule has 176 valence electrons. The molecule has 2 aromatic carbocycles. The minimum atomic E-state index is -0.130. The van der Waals surface area contributed by atoms with E-state index in [1.807, 2.05) is 6.07 Å². The molecule has 0 aliphatic carbocycles. The van der Waals surface area contributed by atoms with Crippen molar-refractivity contribution in [1.29, 1.82) is 0 Å². The van der Waals surface area contributed by atoms with Crippen LogP contribution in [-0.2, 0) is 10.8 Å². The molecule has 0 radical (unpaired) electrons. The minimum absolute atomic E-state index is 0.0313. The summed E-state index contributed by atoms with van der Waals surface area (Å²) in [5.41, 5.74) is 7.06. The van der Waals surface area contributed by atoms with E-state index in [2.05, 4.69) is 106 Å². The molecule has 4 nitrogen and oxygen atoms in total. The molecule has 2 aliphatic heterocycles. The van der Waals surface area contributed by atoms with Gasteiger partial charge >= 0.3 is 0 Å². The van der Waals surface area contributed by atoms with E-state index >= 15 is 0 Å². The highest BCUT2D eigenvalue weighted by atomic mass is 16.1. The molecule has 4 heteroatoms. The Bertz CT molecular complexity index is 1100. The van der Waals surface area contributed by atoms with Crippen LogP contribution in [0.2, 0.25) is 0 Å². The summed E-state index contributed by atoms with van der Waals surface area (Å²) in [5, 5.41) is 2.78. The second-order valence-corrected chi connectivity index (χ2v) is 11.1. The van der Waals surface area contributed by atoms with Gasteiger partial charge in [-0.25, -0.2) is 0 Å². The predicted molar refractivity (Wildman–Crippen MR) is 139 cm³/mol. The predicted octanol–water partition coefficient (Wildman–Crippen LogP) is 5.87. The lowest BCUT2D eigenvalue weighted by Crippen LogP contribution is -2.42. The number of nitrogens with one attached hydrogen (secondary N) is 1. The maximum atomic E-state index is 12.4. The molecule has 0 saturated heterocycles. The fraction of sp³-hybridized carbons (Fsp3) is 0.483. The quantitative estimate of drug-likeness (QED) is 0.625. The first-order valence-corrected chi connectivity index (χ1v) is 12.2. The molecule has 2 heterocycles. The normalized spacial score (nSPS) is 21.5. The number of amides is 1. The standard InChI is InChI=1S/C29H39N3O/c1-19(2)15-16-32-24-14-13-20(27(33)30-7)17-22(24)29(5,6)26(32)18-25-28(3,4)21-11-9-10-12-23(21)31(25)8/h9-14,17-19,26H,15-16H2,1-8H3,(H,30,33). The molecule has 0 bridgehead atoms. The zero-order valence-electron chi connectivity index (χ0n) is 21.5. The zero-order valence-corrected chi connectivity index (χ0v) is 21.5. The lowest BCUT2D eigenvalue weighted by Gasteiger charge is -2.35. The largest absolute Gasteiger partial charge is 0.364 e. The Morgan fingerprint density at radius 2 is 1.76 bits per heavy atom. The fourth-order valence-corrected chi connectivity index (χ4v) is 5.69. The van der Waals surface area contributed by atoms with Gasteiger partial charge in [-0.15, -0.1) is 0 Å². The number of hydrogen-bond donors (Lipinski definition) is 1. The maximum absolute atomic E-state index is 12.4. The number of fused-ring (bicyclic) bond motifs is 2. The van der Waals surface area contributed by atoms with E-state index in [0.717, 1.165) is 18.5 Å². The molecule has 1 amide bonds. The topological polar surface area (TPSA) is 35.6 Å². The first-order chi connectivity index (χ1) is 15.5. The number of carbonyl (C=O) groups is 1. The third-order valence-corrected chi connectivity index (χ3v) is 7.77. The van der Waals surface area contributed by atoms with Crippen LogP contribution >= 0.6 is 0 Å². The van der Waals surface area contributed by atoms with E-state index in [9.17, 15) is 4.79 Å². The smallest absolute Gasteiger partial charge is 0.251 e. The van der Waals surface area contributed by atoms with Gasteiger partial charge < -0.3 is 15.1 Å². The number of rotatable bonds is 5. The Kier molecular flexibility index (Phi) is 5.84. The lowest BCUT2D eigenvalue weighted by atomic mass is 9.77. The molecule has 2 aliphatic rings. The van der Waals surface area contributed by atoms with Crippen molar-refractivity contribution in [2.45, 2.75) is 64.8 Å². The van der Waals surface area contributed by atoms with Gasteiger partial charge in [0, 0.05) is 54.1 Å². The van der Waals surface area contributed by atoms with Gasteiger partial charge in [-0.2, -0.15) is 0 Å². The van der Waals surface area contributed by atoms with E-state index in [1.54, 1.807) is 7.05 Å². The van der Waals surface area contributed by atoms with E-state index in [4.69, 9.17) is 0 Å². The molecule has 1 unspecified atom stereocenters. The summed E-state index contributed by atoms with van der Waals surface area (Å²) < 4.78 is 0. The summed E-state index contributed by atoms with van der Waals surface area (Å²) in [6.45, 7) is 14.9. The van der Waals surface area contributed by atoms with Crippen LogP contribution in [0.4, 0.5) is 11.4 Å². The Hall–Kier alpha value is -2.75. The second kappa shape index (κ2) is 8.23. The molecule has 1 atom stereocenters. The number of allylic oxidation sites excluding steroid dienone is 1. The summed E-state index contributed by atoms with van der Waals surface area (Å²) in [4.78, 5) is 17.3. The number of hydrogen-bond acceptors (Lipinski definition) is 3. The van der Waals surface area contributed by atoms with Gasteiger partial charge in [0.1, 0.15) is 0 Å². The molecule has 2 aromatic rings. The van der Waals surface area contributed by atoms with Gasteiger partial charge in [-0.05, 0) is 53.8 Å². The molecule has 0 fully saturated rings. The van der Waals surface area contributed by atoms with Crippen LogP contribution in [0.5, 0.6) is 0 Å². The highest BCUT2D eigenvalue weighted by Gasteiger charge is 2.46. The molecular formula is C29H39N3O. The Morgan fingerprint density at radius 1 is 1.06 bits per heavy atom. The molecule has 4 rings (SSSR count). The van der Waals surface area contributed by atoms with Gasteiger partial charge in [0.2, 0.25) is 0 Å². The van der Waals surface area contributed by atoms with Crippen LogP contribution in [0.25, 0.3) is 0 Å². The molecule has 0 saturated carbocycles. The molecular weight excluding hydrogens is 406 g/mol. The summed E-state index contributed by atoms with van der Waals surface area (Å²) in [5.74, 6) is 0.599. The highest BCUT2D eigenvalue weighted by molar-refractivity contribution is 5.95. The van der Waals surface area contributed by atoms with Crippen LogP contribution < -0.4 is 15.1 Å². The van der Waals surface area contributed by atoms with E-state index in [-0.39, 0.29) is 22.8 Å². The van der Waals surface area contributed by atoms with Crippen molar-refractivity contribution in [1.82, 2.24) is 5.32 Å². The average molecular weight is 446 g/mol. The lowest BCUT2D eigenvalue weighted by molar-refractivity contribution is 0.0963. The summed E-state index contributed by atoms with van der Waals surface area (Å²) in [6.07, 6.45) is 3.63. The highest BCUT2D eigenvalue weighted by Crippen LogP contribution is 2.51. The number of likely N-dealkylation sites (N-methyl/N-ethyl adjacent to an activating group) is 1. The Balaban J connectivity index is 1.83. The van der Waals surface area contributed by atoms with Crippen LogP contribution in [-0.4, -0.2) is 32.6 Å². The number of carbonyl (C=O) groups excluding carboxylic acids is 1. The average Bonchev–Trinajstić information content (AvgIpc) is 3.11. The van der Waals surface area contributed by atoms with Crippen LogP contribution in [0.3, 0.4) is 0 Å². The van der Waals surface area contributed by atoms with Gasteiger partial charge in [0.05, 0.1) is 6.04 Å². The van der Waals surface area contributed by atoms with Crippen molar-refractivity contribution < 1.29 is 4.79 Å². The molecule has 33 heavy (non-hydrogen) atoms. The van der Waals surface area contributed by atoms with E-state index in [1.165, 1.54) is 28.2 Å². The molecule has 0 aromatic heterocycles. The number of anilines is 2. The van der Waals surface area contributed by atoms with Crippen molar-refractivity contribution >= 4 is 17.3 Å². The zero-order chi connectivity index (χ0) is 24.1. The van der Waals surface area contributed by atoms with Crippen molar-refractivity contribution in [3.8, 4) is 0 Å². The second-order valence-electron chi connectivity index (χ2n) is 11.1. The molecule has 1 N–H and O–H groups in total. The maximum Gasteiger partial charge on any atom is 0.251 e. The summed E-state index contributed by atoms with van der Waals surface area (Å²) in [7, 11) is 3.88. The number of benzene rings is 2. The van der Waals surface area contributed by atoms with Gasteiger partial charge in [-0.1, -0.05) is 59.7 Å². The third kappa shape index (κ3) is 3.74. The third-order valence-electron chi connectivity index (χ3n) is 7.77. The monoisotopic (exact) mass is 445 g/mol. The number of nitrogens with zero attached hydrogens (tertiary/aromatic N) is 2. The molecule has 0 spiro atoms. The van der Waals surface area contributed by atoms with Gasteiger partial charge in [0.25, 0.3) is 5.91 Å². The first-order valence-electron chi connectivity index (χ1n) is 12.2. The number of para-hydroxylation sites is 1. The van der Waals surface area contributed by atoms with Gasteiger partial charge in [-0.3, -0.25) is 4.79 Å². The first kappa shape index (κ1) is 23.4. The van der Waals surface area contributed by atoms with Crippen molar-refractivity contribution in [2.24, 2.45) is 5.92 Å². The Labute approximate surface area is 199 Å². The summed E-state index contributed by atoms with van der Waals surface area (Å²) >= 11 is 0. The minimum Gasteiger partial charge on any atom is -0.364 e. The van der Waals surface area contributed by atoms with E-state index < -0.39 is 0 Å². The van der Waals surface area contributed by atoms with Crippen LogP contribution in [0, 0.1) is 5.92 Å². The Morgan fingerprint density at radius 3 is 2.39 bits per heavy atom. The van der Waals surface area contributed by atoms with Crippen LogP contribution in [0.1, 0.15) is 69.4 Å².